The average Bonchev–Trinajstić information content (AvgIpc) is 3.03. The minimum absolute atomic E-state index is 0.811. The van der Waals surface area contributed by atoms with Gasteiger partial charge in [-0.25, -0.2) is 9.97 Å². The molecule has 0 atom stereocenters. The second-order valence-corrected chi connectivity index (χ2v) is 5.53. The highest BCUT2D eigenvalue weighted by Crippen LogP contribution is 2.32. The standard InChI is InChI=1S/C14H12BrN3O/c15-14-17-13(11-3-1-2-6-18(11)14)9-4-5-10-12(7-9)19-8-16-10/h4-5,7-8H,1-3,6H2. The van der Waals surface area contributed by atoms with E-state index in [1.807, 2.05) is 12.1 Å². The summed E-state index contributed by atoms with van der Waals surface area (Å²) in [5.74, 6) is 0. The fourth-order valence-corrected chi connectivity index (χ4v) is 3.30. The van der Waals surface area contributed by atoms with Crippen LogP contribution < -0.4 is 0 Å². The third-order valence-electron chi connectivity index (χ3n) is 3.68. The van der Waals surface area contributed by atoms with E-state index in [0.717, 1.165) is 40.1 Å². The molecular weight excluding hydrogens is 306 g/mol. The first-order valence-electron chi connectivity index (χ1n) is 6.41. The van der Waals surface area contributed by atoms with E-state index in [4.69, 9.17) is 4.42 Å². The third-order valence-corrected chi connectivity index (χ3v) is 4.28. The molecule has 0 unspecified atom stereocenters. The zero-order chi connectivity index (χ0) is 12.8. The molecule has 1 aliphatic heterocycles. The Morgan fingerprint density at radius 2 is 2.21 bits per heavy atom. The van der Waals surface area contributed by atoms with Gasteiger partial charge in [0.05, 0.1) is 5.69 Å². The molecule has 4 rings (SSSR count). The molecule has 19 heavy (non-hydrogen) atoms. The zero-order valence-corrected chi connectivity index (χ0v) is 11.9. The van der Waals surface area contributed by atoms with Crippen molar-refractivity contribution in [3.8, 4) is 11.3 Å². The van der Waals surface area contributed by atoms with E-state index < -0.39 is 0 Å². The lowest BCUT2D eigenvalue weighted by molar-refractivity contribution is 0.525. The van der Waals surface area contributed by atoms with Crippen LogP contribution in [0.5, 0.6) is 0 Å². The van der Waals surface area contributed by atoms with Crippen LogP contribution in [0.25, 0.3) is 22.4 Å². The second kappa shape index (κ2) is 4.20. The molecule has 0 saturated carbocycles. The number of aromatic nitrogens is 3. The monoisotopic (exact) mass is 317 g/mol. The quantitative estimate of drug-likeness (QED) is 0.686. The summed E-state index contributed by atoms with van der Waals surface area (Å²) in [5.41, 5.74) is 5.17. The Morgan fingerprint density at radius 1 is 1.26 bits per heavy atom. The van der Waals surface area contributed by atoms with Gasteiger partial charge in [0.15, 0.2) is 16.7 Å². The average molecular weight is 318 g/mol. The number of halogens is 1. The number of nitrogens with zero attached hydrogens (tertiary/aromatic N) is 3. The Balaban J connectivity index is 1.91. The molecule has 0 spiro atoms. The van der Waals surface area contributed by atoms with Crippen LogP contribution in [0.1, 0.15) is 18.5 Å². The van der Waals surface area contributed by atoms with Crippen molar-refractivity contribution < 1.29 is 4.42 Å². The maximum atomic E-state index is 5.37. The van der Waals surface area contributed by atoms with Crippen LogP contribution in [-0.4, -0.2) is 14.5 Å². The summed E-state index contributed by atoms with van der Waals surface area (Å²) in [6, 6.07) is 6.07. The largest absolute Gasteiger partial charge is 0.443 e. The van der Waals surface area contributed by atoms with Gasteiger partial charge in [0.2, 0.25) is 0 Å². The van der Waals surface area contributed by atoms with Gasteiger partial charge in [-0.05, 0) is 47.3 Å². The Morgan fingerprint density at radius 3 is 3.16 bits per heavy atom. The molecule has 0 amide bonds. The minimum atomic E-state index is 0.811. The molecule has 0 saturated heterocycles. The van der Waals surface area contributed by atoms with Crippen molar-refractivity contribution in [1.29, 1.82) is 0 Å². The van der Waals surface area contributed by atoms with Crippen molar-refractivity contribution in [1.82, 2.24) is 14.5 Å². The van der Waals surface area contributed by atoms with Crippen LogP contribution in [-0.2, 0) is 13.0 Å². The van der Waals surface area contributed by atoms with E-state index in [-0.39, 0.29) is 0 Å². The molecule has 5 heteroatoms. The van der Waals surface area contributed by atoms with Gasteiger partial charge in [0, 0.05) is 17.8 Å². The van der Waals surface area contributed by atoms with Crippen molar-refractivity contribution in [2.24, 2.45) is 0 Å². The van der Waals surface area contributed by atoms with Gasteiger partial charge in [-0.2, -0.15) is 0 Å². The third kappa shape index (κ3) is 1.72. The van der Waals surface area contributed by atoms with Crippen molar-refractivity contribution >= 4 is 27.0 Å². The highest BCUT2D eigenvalue weighted by molar-refractivity contribution is 9.10. The van der Waals surface area contributed by atoms with E-state index in [0.29, 0.717) is 0 Å². The first kappa shape index (κ1) is 11.2. The highest BCUT2D eigenvalue weighted by atomic mass is 79.9. The minimum Gasteiger partial charge on any atom is -0.443 e. The Hall–Kier alpha value is -1.62. The van der Waals surface area contributed by atoms with Crippen molar-refractivity contribution in [2.75, 3.05) is 0 Å². The maximum absolute atomic E-state index is 5.37. The number of oxazole rings is 1. The van der Waals surface area contributed by atoms with Gasteiger partial charge in [-0.3, -0.25) is 0 Å². The van der Waals surface area contributed by atoms with E-state index in [1.165, 1.54) is 24.9 Å². The smallest absolute Gasteiger partial charge is 0.181 e. The summed E-state index contributed by atoms with van der Waals surface area (Å²) in [4.78, 5) is 8.82. The van der Waals surface area contributed by atoms with Crippen LogP contribution in [0, 0.1) is 0 Å². The van der Waals surface area contributed by atoms with E-state index >= 15 is 0 Å². The molecule has 2 aromatic heterocycles. The summed E-state index contributed by atoms with van der Waals surface area (Å²) >= 11 is 3.56. The van der Waals surface area contributed by atoms with Gasteiger partial charge >= 0.3 is 0 Å². The number of hydrogen-bond acceptors (Lipinski definition) is 3. The lowest BCUT2D eigenvalue weighted by Gasteiger charge is -2.15. The van der Waals surface area contributed by atoms with Crippen LogP contribution in [0.2, 0.25) is 0 Å². The van der Waals surface area contributed by atoms with Crippen LogP contribution >= 0.6 is 15.9 Å². The van der Waals surface area contributed by atoms with Crippen LogP contribution in [0.15, 0.2) is 33.7 Å². The fourth-order valence-electron chi connectivity index (χ4n) is 2.73. The van der Waals surface area contributed by atoms with Crippen molar-refractivity contribution in [2.45, 2.75) is 25.8 Å². The highest BCUT2D eigenvalue weighted by Gasteiger charge is 2.20. The van der Waals surface area contributed by atoms with E-state index in [9.17, 15) is 0 Å². The summed E-state index contributed by atoms with van der Waals surface area (Å²) in [7, 11) is 0. The van der Waals surface area contributed by atoms with Gasteiger partial charge in [-0.15, -0.1) is 0 Å². The predicted molar refractivity (Wildman–Crippen MR) is 75.9 cm³/mol. The van der Waals surface area contributed by atoms with Gasteiger partial charge in [0.1, 0.15) is 5.52 Å². The van der Waals surface area contributed by atoms with Crippen LogP contribution in [0.3, 0.4) is 0 Å². The molecular formula is C14H12BrN3O. The fraction of sp³-hybridized carbons (Fsp3) is 0.286. The molecule has 0 radical (unpaired) electrons. The molecule has 3 aromatic rings. The van der Waals surface area contributed by atoms with Crippen molar-refractivity contribution in [3.05, 3.63) is 35.0 Å². The molecule has 0 N–H and O–H groups in total. The molecule has 1 aromatic carbocycles. The molecule has 0 fully saturated rings. The predicted octanol–water partition coefficient (Wildman–Crippen LogP) is 3.79. The first-order chi connectivity index (χ1) is 9.33. The maximum Gasteiger partial charge on any atom is 0.181 e. The van der Waals surface area contributed by atoms with E-state index in [2.05, 4.69) is 36.5 Å². The lowest BCUT2D eigenvalue weighted by atomic mass is 10.0. The van der Waals surface area contributed by atoms with Crippen LogP contribution in [0.4, 0.5) is 0 Å². The topological polar surface area (TPSA) is 43.9 Å². The first-order valence-corrected chi connectivity index (χ1v) is 7.21. The molecule has 3 heterocycles. The number of imidazole rings is 1. The molecule has 0 aliphatic carbocycles. The summed E-state index contributed by atoms with van der Waals surface area (Å²) < 4.78 is 8.57. The zero-order valence-electron chi connectivity index (χ0n) is 10.3. The number of fused-ring (bicyclic) bond motifs is 2. The SMILES string of the molecule is Brc1nc(-c2ccc3ncoc3c2)c2n1CCCC2. The Kier molecular flexibility index (Phi) is 2.48. The molecule has 96 valence electrons. The normalized spacial score (nSPS) is 14.8. The van der Waals surface area contributed by atoms with Crippen molar-refractivity contribution in [3.63, 3.8) is 0 Å². The molecule has 0 bridgehead atoms. The van der Waals surface area contributed by atoms with Gasteiger partial charge in [0.25, 0.3) is 0 Å². The van der Waals surface area contributed by atoms with Gasteiger partial charge in [-0.1, -0.05) is 6.07 Å². The molecule has 4 nitrogen and oxygen atoms in total. The second-order valence-electron chi connectivity index (χ2n) is 4.82. The van der Waals surface area contributed by atoms with E-state index in [1.54, 1.807) is 0 Å². The number of rotatable bonds is 1. The summed E-state index contributed by atoms with van der Waals surface area (Å²) in [6.45, 7) is 1.05. The number of benzene rings is 1. The lowest BCUT2D eigenvalue weighted by Crippen LogP contribution is -2.10. The summed E-state index contributed by atoms with van der Waals surface area (Å²) in [5, 5.41) is 0. The molecule has 1 aliphatic rings. The Bertz CT molecular complexity index is 759. The Labute approximate surface area is 118 Å². The number of hydrogen-bond donors (Lipinski definition) is 0. The van der Waals surface area contributed by atoms with Gasteiger partial charge < -0.3 is 8.98 Å². The summed E-state index contributed by atoms with van der Waals surface area (Å²) in [6.07, 6.45) is 5.02.